The summed E-state index contributed by atoms with van der Waals surface area (Å²) in [5.74, 6) is -0.508. The van der Waals surface area contributed by atoms with E-state index >= 15 is 0 Å². The number of rotatable bonds is 4. The Balaban J connectivity index is 1.76. The number of anilines is 1. The van der Waals surface area contributed by atoms with Crippen LogP contribution in [-0.4, -0.2) is 30.1 Å². The van der Waals surface area contributed by atoms with Crippen molar-refractivity contribution in [2.24, 2.45) is 0 Å². The Hall–Kier alpha value is -2.45. The van der Waals surface area contributed by atoms with E-state index < -0.39 is 17.6 Å². The molecule has 1 fully saturated rings. The van der Waals surface area contributed by atoms with Gasteiger partial charge in [0.05, 0.1) is 28.4 Å². The van der Waals surface area contributed by atoms with Crippen molar-refractivity contribution in [2.45, 2.75) is 39.0 Å². The number of hydrogen-bond donors (Lipinski definition) is 0. The Morgan fingerprint density at radius 2 is 2.00 bits per heavy atom. The average molecular weight is 434 g/mol. The van der Waals surface area contributed by atoms with Gasteiger partial charge in [-0.2, -0.15) is 13.2 Å². The molecule has 4 nitrogen and oxygen atoms in total. The number of fused-ring (bicyclic) bond motifs is 1. The van der Waals surface area contributed by atoms with Crippen molar-refractivity contribution < 1.29 is 22.7 Å². The molecule has 0 aliphatic carbocycles. The van der Waals surface area contributed by atoms with Gasteiger partial charge in [0.1, 0.15) is 0 Å². The number of carbonyl (C=O) groups excluding carboxylic acids is 1. The van der Waals surface area contributed by atoms with Crippen molar-refractivity contribution in [3.8, 4) is 0 Å². The lowest BCUT2D eigenvalue weighted by molar-refractivity contribution is -0.137. The molecule has 3 aromatic rings. The maximum absolute atomic E-state index is 13.3. The van der Waals surface area contributed by atoms with Crippen LogP contribution in [0.15, 0.2) is 36.4 Å². The lowest BCUT2D eigenvalue weighted by Crippen LogP contribution is -2.37. The third-order valence-corrected chi connectivity index (χ3v) is 6.47. The maximum Gasteiger partial charge on any atom is 0.416 e. The van der Waals surface area contributed by atoms with E-state index in [2.05, 4.69) is 4.98 Å². The van der Waals surface area contributed by atoms with Crippen molar-refractivity contribution in [1.82, 2.24) is 4.98 Å². The largest absolute Gasteiger partial charge is 0.416 e. The molecular weight excluding hydrogens is 413 g/mol. The number of amides is 1. The first-order valence-corrected chi connectivity index (χ1v) is 10.5. The van der Waals surface area contributed by atoms with Crippen LogP contribution >= 0.6 is 11.3 Å². The van der Waals surface area contributed by atoms with E-state index in [1.807, 2.05) is 26.0 Å². The summed E-state index contributed by atoms with van der Waals surface area (Å²) in [6, 6.07) is 8.50. The molecule has 0 N–H and O–H groups in total. The Labute approximate surface area is 176 Å². The first-order chi connectivity index (χ1) is 14.2. The van der Waals surface area contributed by atoms with Gasteiger partial charge in [-0.05, 0) is 56.0 Å². The van der Waals surface area contributed by atoms with E-state index in [0.29, 0.717) is 11.7 Å². The second kappa shape index (κ2) is 8.00. The number of carbonyl (C=O) groups is 1. The fourth-order valence-electron chi connectivity index (χ4n) is 3.59. The van der Waals surface area contributed by atoms with Crippen molar-refractivity contribution in [3.05, 3.63) is 58.7 Å². The highest BCUT2D eigenvalue weighted by molar-refractivity contribution is 7.22. The lowest BCUT2D eigenvalue weighted by atomic mass is 10.1. The van der Waals surface area contributed by atoms with Gasteiger partial charge in [0.25, 0.3) is 5.91 Å². The maximum atomic E-state index is 13.3. The smallest absolute Gasteiger partial charge is 0.376 e. The molecule has 0 saturated carbocycles. The van der Waals surface area contributed by atoms with Crippen LogP contribution in [0.5, 0.6) is 0 Å². The monoisotopic (exact) mass is 434 g/mol. The Kier molecular flexibility index (Phi) is 5.55. The number of aromatic nitrogens is 1. The van der Waals surface area contributed by atoms with Crippen molar-refractivity contribution in [2.75, 3.05) is 18.1 Å². The summed E-state index contributed by atoms with van der Waals surface area (Å²) < 4.78 is 46.1. The fourth-order valence-corrected chi connectivity index (χ4v) is 4.71. The molecule has 1 aliphatic heterocycles. The summed E-state index contributed by atoms with van der Waals surface area (Å²) in [5, 5.41) is 0.473. The van der Waals surface area contributed by atoms with Crippen LogP contribution < -0.4 is 4.90 Å². The standard InChI is InChI=1S/C22H21F3N2O2S/c1-13-8-9-14(2)19-18(13)26-21(30-19)27(12-17-7-4-10-29-17)20(28)15-5-3-6-16(11-15)22(23,24)25/h3,5-6,8-9,11,17H,4,7,10,12H2,1-2H3. The highest BCUT2D eigenvalue weighted by Gasteiger charge is 2.32. The first kappa shape index (κ1) is 20.8. The SMILES string of the molecule is Cc1ccc(C)c2sc(N(CC3CCCO3)C(=O)c3cccc(C(F)(F)F)c3)nc12. The van der Waals surface area contributed by atoms with Gasteiger partial charge in [-0.1, -0.05) is 29.5 Å². The molecule has 1 unspecified atom stereocenters. The number of benzene rings is 2. The zero-order chi connectivity index (χ0) is 21.5. The molecule has 8 heteroatoms. The predicted molar refractivity (Wildman–Crippen MR) is 111 cm³/mol. The molecule has 0 radical (unpaired) electrons. The van der Waals surface area contributed by atoms with Gasteiger partial charge >= 0.3 is 6.18 Å². The van der Waals surface area contributed by atoms with Crippen LogP contribution in [0, 0.1) is 13.8 Å². The zero-order valence-electron chi connectivity index (χ0n) is 16.6. The van der Waals surface area contributed by atoms with E-state index in [0.717, 1.165) is 46.3 Å². The molecule has 0 spiro atoms. The molecule has 1 saturated heterocycles. The highest BCUT2D eigenvalue weighted by atomic mass is 32.1. The van der Waals surface area contributed by atoms with Gasteiger partial charge in [-0.15, -0.1) is 0 Å². The lowest BCUT2D eigenvalue weighted by Gasteiger charge is -2.23. The van der Waals surface area contributed by atoms with Gasteiger partial charge in [0.2, 0.25) is 0 Å². The highest BCUT2D eigenvalue weighted by Crippen LogP contribution is 2.35. The molecule has 0 bridgehead atoms. The third-order valence-electron chi connectivity index (χ3n) is 5.25. The second-order valence-corrected chi connectivity index (χ2v) is 8.48. The third kappa shape index (κ3) is 4.06. The number of thiazole rings is 1. The van der Waals surface area contributed by atoms with E-state index in [4.69, 9.17) is 4.74 Å². The quantitative estimate of drug-likeness (QED) is 0.525. The summed E-state index contributed by atoms with van der Waals surface area (Å²) in [6.07, 6.45) is -2.97. The van der Waals surface area contributed by atoms with Gasteiger partial charge < -0.3 is 4.74 Å². The van der Waals surface area contributed by atoms with Crippen molar-refractivity contribution >= 4 is 32.6 Å². The molecule has 2 heterocycles. The molecule has 4 rings (SSSR count). The Morgan fingerprint density at radius 1 is 1.23 bits per heavy atom. The van der Waals surface area contributed by atoms with Crippen LogP contribution in [0.4, 0.5) is 18.3 Å². The molecule has 2 aromatic carbocycles. The summed E-state index contributed by atoms with van der Waals surface area (Å²) in [7, 11) is 0. The molecule has 1 amide bonds. The number of halogens is 3. The van der Waals surface area contributed by atoms with E-state index in [1.54, 1.807) is 0 Å². The number of ether oxygens (including phenoxy) is 1. The second-order valence-electron chi connectivity index (χ2n) is 7.50. The summed E-state index contributed by atoms with van der Waals surface area (Å²) in [5.41, 5.74) is 1.98. The molecule has 30 heavy (non-hydrogen) atoms. The normalized spacial score (nSPS) is 16.9. The van der Waals surface area contributed by atoms with E-state index in [-0.39, 0.29) is 18.2 Å². The van der Waals surface area contributed by atoms with Gasteiger partial charge in [0.15, 0.2) is 5.13 Å². The molecule has 1 atom stereocenters. The predicted octanol–water partition coefficient (Wildman–Crippen LogP) is 5.76. The first-order valence-electron chi connectivity index (χ1n) is 9.71. The van der Waals surface area contributed by atoms with Crippen LogP contribution in [0.3, 0.4) is 0 Å². The van der Waals surface area contributed by atoms with Crippen molar-refractivity contribution in [1.29, 1.82) is 0 Å². The van der Waals surface area contributed by atoms with Crippen LogP contribution in [-0.2, 0) is 10.9 Å². The van der Waals surface area contributed by atoms with E-state index in [1.165, 1.54) is 28.4 Å². The average Bonchev–Trinajstić information content (AvgIpc) is 3.38. The van der Waals surface area contributed by atoms with Gasteiger partial charge in [0, 0.05) is 12.2 Å². The molecule has 158 valence electrons. The van der Waals surface area contributed by atoms with Crippen LogP contribution in [0.1, 0.15) is 39.9 Å². The summed E-state index contributed by atoms with van der Waals surface area (Å²) in [4.78, 5) is 19.5. The minimum absolute atomic E-state index is 0.0180. The van der Waals surface area contributed by atoms with Crippen LogP contribution in [0.2, 0.25) is 0 Å². The summed E-state index contributed by atoms with van der Waals surface area (Å²) >= 11 is 1.38. The minimum atomic E-state index is -4.51. The molecule has 1 aliphatic rings. The van der Waals surface area contributed by atoms with Gasteiger partial charge in [-0.25, -0.2) is 4.98 Å². The molecular formula is C22H21F3N2O2S. The number of nitrogens with zero attached hydrogens (tertiary/aromatic N) is 2. The van der Waals surface area contributed by atoms with Gasteiger partial charge in [-0.3, -0.25) is 9.69 Å². The van der Waals surface area contributed by atoms with E-state index in [9.17, 15) is 18.0 Å². The zero-order valence-corrected chi connectivity index (χ0v) is 17.4. The summed E-state index contributed by atoms with van der Waals surface area (Å²) in [6.45, 7) is 4.80. The Bertz CT molecular complexity index is 1050. The number of hydrogen-bond acceptors (Lipinski definition) is 4. The van der Waals surface area contributed by atoms with Crippen LogP contribution in [0.25, 0.3) is 10.2 Å². The fraction of sp³-hybridized carbons (Fsp3) is 0.364. The number of alkyl halides is 3. The number of aryl methyl sites for hydroxylation is 2. The molecule has 1 aromatic heterocycles. The van der Waals surface area contributed by atoms with Crippen molar-refractivity contribution in [3.63, 3.8) is 0 Å². The Morgan fingerprint density at radius 3 is 2.67 bits per heavy atom. The minimum Gasteiger partial charge on any atom is -0.376 e. The topological polar surface area (TPSA) is 42.4 Å².